The van der Waals surface area contributed by atoms with Crippen LogP contribution in [0.4, 0.5) is 0 Å². The van der Waals surface area contributed by atoms with Gasteiger partial charge in [0.05, 0.1) is 0 Å². The molecule has 0 fully saturated rings. The first kappa shape index (κ1) is 14.6. The monoisotopic (exact) mass is 282 g/mol. The van der Waals surface area contributed by atoms with Crippen molar-refractivity contribution in [2.75, 3.05) is 33.7 Å². The highest BCUT2D eigenvalue weighted by Crippen LogP contribution is 2.30. The molecule has 0 spiro atoms. The highest BCUT2D eigenvalue weighted by Gasteiger charge is 2.22. The minimum atomic E-state index is 0.252. The molecule has 4 heteroatoms. The minimum absolute atomic E-state index is 0.252. The van der Waals surface area contributed by atoms with Gasteiger partial charge in [-0.25, -0.2) is 0 Å². The van der Waals surface area contributed by atoms with Crippen LogP contribution in [0.15, 0.2) is 18.2 Å². The number of rotatable bonds is 7. The van der Waals surface area contributed by atoms with Crippen molar-refractivity contribution < 1.29 is 4.74 Å². The van der Waals surface area contributed by atoms with E-state index in [1.807, 2.05) is 18.2 Å². The first-order valence-corrected chi connectivity index (χ1v) is 7.33. The van der Waals surface area contributed by atoms with Gasteiger partial charge in [0, 0.05) is 18.0 Å². The summed E-state index contributed by atoms with van der Waals surface area (Å²) in [4.78, 5) is 2.22. The molecule has 0 aromatic heterocycles. The predicted molar refractivity (Wildman–Crippen MR) is 80.2 cm³/mol. The van der Waals surface area contributed by atoms with Crippen LogP contribution in [0.5, 0.6) is 5.75 Å². The van der Waals surface area contributed by atoms with E-state index < -0.39 is 0 Å². The molecule has 2 rings (SSSR count). The Labute approximate surface area is 120 Å². The maximum absolute atomic E-state index is 5.98. The molecule has 0 radical (unpaired) electrons. The topological polar surface area (TPSA) is 24.5 Å². The lowest BCUT2D eigenvalue weighted by Crippen LogP contribution is -2.31. The third kappa shape index (κ3) is 4.68. The van der Waals surface area contributed by atoms with Gasteiger partial charge in [-0.05, 0) is 63.8 Å². The normalized spacial score (nSPS) is 17.6. The van der Waals surface area contributed by atoms with E-state index in [1.165, 1.54) is 18.4 Å². The van der Waals surface area contributed by atoms with Gasteiger partial charge in [-0.1, -0.05) is 11.6 Å². The van der Waals surface area contributed by atoms with E-state index in [0.717, 1.165) is 36.8 Å². The van der Waals surface area contributed by atoms with Gasteiger partial charge in [-0.15, -0.1) is 0 Å². The summed E-state index contributed by atoms with van der Waals surface area (Å²) in [5.74, 6) is 0.990. The predicted octanol–water partition coefficient (Wildman–Crippen LogP) is 2.57. The van der Waals surface area contributed by atoms with Gasteiger partial charge in [0.25, 0.3) is 0 Å². The maximum atomic E-state index is 5.98. The van der Waals surface area contributed by atoms with E-state index in [4.69, 9.17) is 16.3 Å². The summed E-state index contributed by atoms with van der Waals surface area (Å²) in [7, 11) is 4.23. The Morgan fingerprint density at radius 2 is 2.21 bits per heavy atom. The first-order valence-electron chi connectivity index (χ1n) is 6.95. The zero-order chi connectivity index (χ0) is 13.7. The van der Waals surface area contributed by atoms with Gasteiger partial charge in [0.1, 0.15) is 11.9 Å². The van der Waals surface area contributed by atoms with Crippen molar-refractivity contribution in [3.05, 3.63) is 28.8 Å². The van der Waals surface area contributed by atoms with Crippen LogP contribution in [0, 0.1) is 0 Å². The summed E-state index contributed by atoms with van der Waals surface area (Å²) in [6, 6.07) is 5.86. The van der Waals surface area contributed by atoms with Crippen LogP contribution in [-0.2, 0) is 6.42 Å². The summed E-state index contributed by atoms with van der Waals surface area (Å²) >= 11 is 5.98. The minimum Gasteiger partial charge on any atom is -0.488 e. The van der Waals surface area contributed by atoms with E-state index in [9.17, 15) is 0 Å². The molecule has 1 aromatic carbocycles. The highest BCUT2D eigenvalue weighted by atomic mass is 35.5. The third-order valence-electron chi connectivity index (χ3n) is 3.34. The van der Waals surface area contributed by atoms with Crippen molar-refractivity contribution >= 4 is 11.6 Å². The van der Waals surface area contributed by atoms with Crippen molar-refractivity contribution in [2.24, 2.45) is 0 Å². The fraction of sp³-hybridized carbons (Fsp3) is 0.600. The van der Waals surface area contributed by atoms with Crippen molar-refractivity contribution in [3.8, 4) is 5.75 Å². The van der Waals surface area contributed by atoms with E-state index in [0.29, 0.717) is 0 Å². The molecule has 1 N–H and O–H groups in total. The van der Waals surface area contributed by atoms with Crippen LogP contribution in [0.1, 0.15) is 18.4 Å². The highest BCUT2D eigenvalue weighted by molar-refractivity contribution is 6.30. The molecule has 0 aliphatic carbocycles. The van der Waals surface area contributed by atoms with Gasteiger partial charge in [-0.2, -0.15) is 0 Å². The largest absolute Gasteiger partial charge is 0.488 e. The molecule has 1 aliphatic heterocycles. The Bertz CT molecular complexity index is 409. The standard InChI is InChI=1S/C15H23ClN2O/c1-18(2)8-4-3-7-17-11-14-10-12-9-13(16)5-6-15(12)19-14/h5-6,9,14,17H,3-4,7-8,10-11H2,1-2H3. The Hall–Kier alpha value is -0.770. The van der Waals surface area contributed by atoms with Gasteiger partial charge in [-0.3, -0.25) is 0 Å². The Balaban J connectivity index is 1.62. The van der Waals surface area contributed by atoms with Gasteiger partial charge >= 0.3 is 0 Å². The number of hydrogen-bond acceptors (Lipinski definition) is 3. The zero-order valence-corrected chi connectivity index (χ0v) is 12.5. The summed E-state index contributed by atoms with van der Waals surface area (Å²) in [6.07, 6.45) is 3.66. The Kier molecular flexibility index (Phi) is 5.49. The van der Waals surface area contributed by atoms with Crippen molar-refractivity contribution in [3.63, 3.8) is 0 Å². The molecular weight excluding hydrogens is 260 g/mol. The SMILES string of the molecule is CN(C)CCCCNCC1Cc2cc(Cl)ccc2O1. The molecule has 0 amide bonds. The molecule has 3 nitrogen and oxygen atoms in total. The molecule has 1 heterocycles. The van der Waals surface area contributed by atoms with Crippen LogP contribution in [-0.4, -0.2) is 44.7 Å². The Morgan fingerprint density at radius 3 is 3.00 bits per heavy atom. The second-order valence-electron chi connectivity index (χ2n) is 5.41. The van der Waals surface area contributed by atoms with Gasteiger partial charge < -0.3 is 15.0 Å². The summed E-state index contributed by atoms with van der Waals surface area (Å²) in [6.45, 7) is 3.13. The van der Waals surface area contributed by atoms with Crippen LogP contribution in [0.25, 0.3) is 0 Å². The summed E-state index contributed by atoms with van der Waals surface area (Å²) < 4.78 is 5.88. The molecule has 1 unspecified atom stereocenters. The van der Waals surface area contributed by atoms with E-state index in [-0.39, 0.29) is 6.10 Å². The molecule has 1 atom stereocenters. The molecule has 0 saturated carbocycles. The number of unbranched alkanes of at least 4 members (excludes halogenated alkanes) is 1. The zero-order valence-electron chi connectivity index (χ0n) is 11.8. The fourth-order valence-electron chi connectivity index (χ4n) is 2.34. The van der Waals surface area contributed by atoms with Crippen LogP contribution in [0.3, 0.4) is 0 Å². The number of halogens is 1. The number of nitrogens with one attached hydrogen (secondary N) is 1. The van der Waals surface area contributed by atoms with Crippen molar-refractivity contribution in [1.29, 1.82) is 0 Å². The second-order valence-corrected chi connectivity index (χ2v) is 5.85. The number of fused-ring (bicyclic) bond motifs is 1. The number of ether oxygens (including phenoxy) is 1. The molecule has 0 saturated heterocycles. The lowest BCUT2D eigenvalue weighted by Gasteiger charge is -2.12. The van der Waals surface area contributed by atoms with Crippen LogP contribution < -0.4 is 10.1 Å². The van der Waals surface area contributed by atoms with Crippen molar-refractivity contribution in [2.45, 2.75) is 25.4 Å². The second kappa shape index (κ2) is 7.13. The maximum Gasteiger partial charge on any atom is 0.123 e. The first-order chi connectivity index (χ1) is 9.15. The fourth-order valence-corrected chi connectivity index (χ4v) is 2.54. The van der Waals surface area contributed by atoms with Gasteiger partial charge in [0.2, 0.25) is 0 Å². The molecular formula is C15H23ClN2O. The lowest BCUT2D eigenvalue weighted by atomic mass is 10.1. The van der Waals surface area contributed by atoms with Gasteiger partial charge in [0.15, 0.2) is 0 Å². The molecule has 0 bridgehead atoms. The summed E-state index contributed by atoms with van der Waals surface area (Å²) in [5, 5.41) is 4.27. The molecule has 1 aliphatic rings. The number of hydrogen-bond donors (Lipinski definition) is 1. The number of nitrogens with zero attached hydrogens (tertiary/aromatic N) is 1. The molecule has 19 heavy (non-hydrogen) atoms. The molecule has 106 valence electrons. The summed E-state index contributed by atoms with van der Waals surface area (Å²) in [5.41, 5.74) is 1.23. The van der Waals surface area contributed by atoms with E-state index >= 15 is 0 Å². The lowest BCUT2D eigenvalue weighted by molar-refractivity contribution is 0.227. The quantitative estimate of drug-likeness (QED) is 0.778. The smallest absolute Gasteiger partial charge is 0.123 e. The van der Waals surface area contributed by atoms with E-state index in [1.54, 1.807) is 0 Å². The van der Waals surface area contributed by atoms with Crippen LogP contribution >= 0.6 is 11.6 Å². The van der Waals surface area contributed by atoms with Crippen LogP contribution in [0.2, 0.25) is 5.02 Å². The third-order valence-corrected chi connectivity index (χ3v) is 3.58. The van der Waals surface area contributed by atoms with E-state index in [2.05, 4.69) is 24.3 Å². The average molecular weight is 283 g/mol. The Morgan fingerprint density at radius 1 is 1.37 bits per heavy atom. The average Bonchev–Trinajstić information content (AvgIpc) is 2.75. The number of benzene rings is 1. The van der Waals surface area contributed by atoms with Crippen molar-refractivity contribution in [1.82, 2.24) is 10.2 Å². The molecule has 1 aromatic rings.